The van der Waals surface area contributed by atoms with Crippen molar-refractivity contribution < 1.29 is 9.36 Å². The molecule has 1 aromatic heterocycles. The third-order valence-electron chi connectivity index (χ3n) is 5.07. The van der Waals surface area contributed by atoms with E-state index in [2.05, 4.69) is 25.1 Å². The van der Waals surface area contributed by atoms with Crippen LogP contribution in [0.25, 0.3) is 5.57 Å². The number of fused-ring (bicyclic) bond motifs is 1. The van der Waals surface area contributed by atoms with Gasteiger partial charge in [-0.2, -0.15) is 4.57 Å². The lowest BCUT2D eigenvalue weighted by molar-refractivity contribution is -0.553. The first kappa shape index (κ1) is 23.7. The van der Waals surface area contributed by atoms with Gasteiger partial charge in [0.2, 0.25) is 0 Å². The SMILES string of the molecule is C=C/C=C\C(=C/C)Cc1nc(C(/C=C\C)=C/C=C)c[n+]2c1NC(C/C(C=C)=C/C)C2=O. The second-order valence-electron chi connectivity index (χ2n) is 7.09. The number of aromatic nitrogens is 2. The third kappa shape index (κ3) is 5.76. The van der Waals surface area contributed by atoms with Crippen molar-refractivity contribution in [2.75, 3.05) is 5.32 Å². The summed E-state index contributed by atoms with van der Waals surface area (Å²) in [5.74, 6) is 0.742. The summed E-state index contributed by atoms with van der Waals surface area (Å²) in [6.07, 6.45) is 22.0. The van der Waals surface area contributed by atoms with Crippen LogP contribution in [0.4, 0.5) is 5.82 Å². The van der Waals surface area contributed by atoms with Gasteiger partial charge in [-0.25, -0.2) is 9.78 Å². The zero-order valence-electron chi connectivity index (χ0n) is 18.8. The molecular weight excluding hydrogens is 382 g/mol. The Morgan fingerprint density at radius 2 is 1.87 bits per heavy atom. The first-order valence-electron chi connectivity index (χ1n) is 10.5. The number of rotatable bonds is 10. The van der Waals surface area contributed by atoms with Crippen molar-refractivity contribution in [3.63, 3.8) is 0 Å². The zero-order chi connectivity index (χ0) is 22.8. The van der Waals surface area contributed by atoms with Crippen molar-refractivity contribution in [2.24, 2.45) is 0 Å². The molecule has 1 aliphatic rings. The van der Waals surface area contributed by atoms with Gasteiger partial charge in [-0.15, -0.1) is 0 Å². The first-order valence-corrected chi connectivity index (χ1v) is 10.5. The van der Waals surface area contributed by atoms with Gasteiger partial charge >= 0.3 is 11.7 Å². The summed E-state index contributed by atoms with van der Waals surface area (Å²) in [4.78, 5) is 18.2. The molecule has 1 aliphatic heterocycles. The summed E-state index contributed by atoms with van der Waals surface area (Å²) in [5.41, 5.74) is 4.55. The summed E-state index contributed by atoms with van der Waals surface area (Å²) in [6, 6.07) is -0.355. The summed E-state index contributed by atoms with van der Waals surface area (Å²) >= 11 is 0. The number of nitrogens with zero attached hydrogens (tertiary/aromatic N) is 2. The van der Waals surface area contributed by atoms with Crippen LogP contribution in [-0.2, 0) is 6.42 Å². The molecule has 1 aromatic rings. The second kappa shape index (κ2) is 11.6. The molecule has 0 spiro atoms. The van der Waals surface area contributed by atoms with E-state index >= 15 is 0 Å². The molecule has 4 heteroatoms. The minimum Gasteiger partial charge on any atom is -0.258 e. The number of carbonyl (C=O) groups is 1. The van der Waals surface area contributed by atoms with E-state index in [1.54, 1.807) is 22.8 Å². The number of carbonyl (C=O) groups excluding carboxylic acids is 1. The van der Waals surface area contributed by atoms with Crippen molar-refractivity contribution >= 4 is 17.3 Å². The molecule has 2 rings (SSSR count). The van der Waals surface area contributed by atoms with E-state index in [9.17, 15) is 4.79 Å². The van der Waals surface area contributed by atoms with Crippen LogP contribution in [0.1, 0.15) is 43.4 Å². The minimum absolute atomic E-state index is 0.00296. The summed E-state index contributed by atoms with van der Waals surface area (Å²) in [7, 11) is 0. The highest BCUT2D eigenvalue weighted by atomic mass is 16.2. The van der Waals surface area contributed by atoms with Gasteiger partial charge in [0.25, 0.3) is 0 Å². The molecule has 0 saturated heterocycles. The van der Waals surface area contributed by atoms with Gasteiger partial charge in [0.15, 0.2) is 6.04 Å². The molecule has 160 valence electrons. The van der Waals surface area contributed by atoms with E-state index < -0.39 is 0 Å². The van der Waals surface area contributed by atoms with Gasteiger partial charge in [0, 0.05) is 18.4 Å². The molecule has 1 atom stereocenters. The van der Waals surface area contributed by atoms with E-state index in [1.165, 1.54) is 0 Å². The maximum Gasteiger partial charge on any atom is 0.359 e. The van der Waals surface area contributed by atoms with Crippen molar-refractivity contribution in [1.82, 2.24) is 4.98 Å². The topological polar surface area (TPSA) is 45.9 Å². The maximum atomic E-state index is 13.2. The van der Waals surface area contributed by atoms with Gasteiger partial charge in [-0.3, -0.25) is 5.32 Å². The summed E-state index contributed by atoms with van der Waals surface area (Å²) in [5, 5.41) is 3.40. The predicted octanol–water partition coefficient (Wildman–Crippen LogP) is 5.70. The molecule has 0 amide bonds. The fourth-order valence-electron chi connectivity index (χ4n) is 3.40. The van der Waals surface area contributed by atoms with Crippen molar-refractivity contribution in [3.05, 3.63) is 109 Å². The van der Waals surface area contributed by atoms with E-state index in [4.69, 9.17) is 4.98 Å². The van der Waals surface area contributed by atoms with E-state index in [1.807, 2.05) is 69.5 Å². The first-order chi connectivity index (χ1) is 15.0. The maximum absolute atomic E-state index is 13.2. The fourth-order valence-corrected chi connectivity index (χ4v) is 3.40. The number of allylic oxidation sites excluding steroid dienone is 12. The Bertz CT molecular complexity index is 1020. The lowest BCUT2D eigenvalue weighted by Crippen LogP contribution is -2.43. The lowest BCUT2D eigenvalue weighted by Gasteiger charge is -2.08. The van der Waals surface area contributed by atoms with Crippen LogP contribution in [-0.4, -0.2) is 16.9 Å². The molecule has 2 heterocycles. The quantitative estimate of drug-likeness (QED) is 0.394. The van der Waals surface area contributed by atoms with Crippen LogP contribution in [0.3, 0.4) is 0 Å². The molecule has 1 N–H and O–H groups in total. The van der Waals surface area contributed by atoms with Gasteiger partial charge in [-0.1, -0.05) is 80.5 Å². The zero-order valence-corrected chi connectivity index (χ0v) is 18.8. The van der Waals surface area contributed by atoms with Crippen molar-refractivity contribution in [2.45, 2.75) is 39.7 Å². The van der Waals surface area contributed by atoms with E-state index in [0.29, 0.717) is 12.8 Å². The highest BCUT2D eigenvalue weighted by Crippen LogP contribution is 2.25. The molecule has 0 fully saturated rings. The van der Waals surface area contributed by atoms with Gasteiger partial charge < -0.3 is 0 Å². The molecule has 0 saturated carbocycles. The van der Waals surface area contributed by atoms with Gasteiger partial charge in [0.05, 0.1) is 0 Å². The van der Waals surface area contributed by atoms with Crippen LogP contribution < -0.4 is 9.88 Å². The Hall–Kier alpha value is -3.53. The van der Waals surface area contributed by atoms with Crippen LogP contribution >= 0.6 is 0 Å². The van der Waals surface area contributed by atoms with Crippen LogP contribution in [0.15, 0.2) is 97.8 Å². The Morgan fingerprint density at radius 3 is 2.45 bits per heavy atom. The smallest absolute Gasteiger partial charge is 0.258 e. The van der Waals surface area contributed by atoms with Crippen LogP contribution in [0.5, 0.6) is 0 Å². The standard InChI is InChI=1S/C27H31N3O/c1-7-13-16-21(12-6)18-23-26-29-24(17-20(10-4)11-5)27(31)30(26)19-25(28-23)22(14-8-2)15-9-3/h7-16,19,24H,1-2,4,17-18H2,3,5-6H3/p+1/b15-9-,16-13-,20-11+,21-12+,22-14+. The number of nitrogens with one attached hydrogen (secondary N) is 1. The van der Waals surface area contributed by atoms with Crippen LogP contribution in [0, 0.1) is 0 Å². The average molecular weight is 415 g/mol. The number of hydrogen-bond donors (Lipinski definition) is 1. The van der Waals surface area contributed by atoms with Crippen molar-refractivity contribution in [3.8, 4) is 0 Å². The highest BCUT2D eigenvalue weighted by molar-refractivity contribution is 5.83. The number of hydrogen-bond acceptors (Lipinski definition) is 3. The van der Waals surface area contributed by atoms with E-state index in [0.717, 1.165) is 33.9 Å². The Kier molecular flexibility index (Phi) is 8.89. The summed E-state index contributed by atoms with van der Waals surface area (Å²) < 4.78 is 1.70. The molecule has 0 aromatic carbocycles. The number of anilines is 1. The van der Waals surface area contributed by atoms with Gasteiger partial charge in [-0.05, 0) is 31.9 Å². The monoisotopic (exact) mass is 414 g/mol. The molecule has 1 unspecified atom stereocenters. The highest BCUT2D eigenvalue weighted by Gasteiger charge is 2.41. The average Bonchev–Trinajstić information content (AvgIpc) is 3.10. The largest absolute Gasteiger partial charge is 0.359 e. The summed E-state index contributed by atoms with van der Waals surface area (Å²) in [6.45, 7) is 17.3. The Morgan fingerprint density at radius 1 is 1.13 bits per heavy atom. The molecule has 4 nitrogen and oxygen atoms in total. The fraction of sp³-hybridized carbons (Fsp3) is 0.222. The van der Waals surface area contributed by atoms with E-state index in [-0.39, 0.29) is 11.9 Å². The second-order valence-corrected chi connectivity index (χ2v) is 7.09. The minimum atomic E-state index is -0.355. The lowest BCUT2D eigenvalue weighted by atomic mass is 10.1. The molecule has 0 bridgehead atoms. The third-order valence-corrected chi connectivity index (χ3v) is 5.07. The molecule has 0 radical (unpaired) electrons. The predicted molar refractivity (Wildman–Crippen MR) is 131 cm³/mol. The Labute approximate surface area is 186 Å². The molecule has 31 heavy (non-hydrogen) atoms. The van der Waals surface area contributed by atoms with Crippen molar-refractivity contribution in [1.29, 1.82) is 0 Å². The van der Waals surface area contributed by atoms with Gasteiger partial charge in [0.1, 0.15) is 17.6 Å². The normalized spacial score (nSPS) is 17.2. The Balaban J connectivity index is 2.60. The van der Waals surface area contributed by atoms with Crippen LogP contribution in [0.2, 0.25) is 0 Å². The molecule has 0 aliphatic carbocycles. The molecular formula is C27H32N3O+.